The highest BCUT2D eigenvalue weighted by Gasteiger charge is 2.30. The molecule has 0 aliphatic heterocycles. The van der Waals surface area contributed by atoms with Gasteiger partial charge in [-0.1, -0.05) is 37.3 Å². The largest absolute Gasteiger partial charge is 0.371 e. The minimum absolute atomic E-state index is 0.00727. The van der Waals surface area contributed by atoms with Crippen molar-refractivity contribution >= 4 is 5.91 Å². The van der Waals surface area contributed by atoms with Crippen LogP contribution in [0.1, 0.15) is 47.8 Å². The van der Waals surface area contributed by atoms with Gasteiger partial charge in [0.1, 0.15) is 0 Å². The first-order chi connectivity index (χ1) is 12.2. The highest BCUT2D eigenvalue weighted by Crippen LogP contribution is 2.24. The first-order valence-electron chi connectivity index (χ1n) is 8.86. The lowest BCUT2D eigenvalue weighted by molar-refractivity contribution is 0.0272. The van der Waals surface area contributed by atoms with Crippen molar-refractivity contribution in [2.45, 2.75) is 51.4 Å². The molecule has 0 bridgehead atoms. The normalized spacial score (nSPS) is 19.7. The Morgan fingerprint density at radius 3 is 2.76 bits per heavy atom. The van der Waals surface area contributed by atoms with Gasteiger partial charge in [-0.25, -0.2) is 0 Å². The van der Waals surface area contributed by atoms with Crippen molar-refractivity contribution in [2.24, 2.45) is 0 Å². The Balaban J connectivity index is 1.63. The molecule has 0 saturated heterocycles. The molecule has 0 unspecified atom stereocenters. The maximum Gasteiger partial charge on any atom is 0.253 e. The number of amides is 1. The van der Waals surface area contributed by atoms with Crippen molar-refractivity contribution in [3.63, 3.8) is 0 Å². The van der Waals surface area contributed by atoms with Gasteiger partial charge in [0.15, 0.2) is 0 Å². The second-order valence-corrected chi connectivity index (χ2v) is 6.41. The van der Waals surface area contributed by atoms with Crippen LogP contribution < -0.4 is 10.9 Å². The summed E-state index contributed by atoms with van der Waals surface area (Å²) < 4.78 is 6.04. The van der Waals surface area contributed by atoms with Gasteiger partial charge < -0.3 is 15.0 Å². The molecule has 3 rings (SSSR count). The molecule has 2 aromatic rings. The number of aromatic amines is 1. The Morgan fingerprint density at radius 1 is 1.20 bits per heavy atom. The Labute approximate surface area is 147 Å². The summed E-state index contributed by atoms with van der Waals surface area (Å²) in [6, 6.07) is 13.1. The predicted molar refractivity (Wildman–Crippen MR) is 96.6 cm³/mol. The van der Waals surface area contributed by atoms with E-state index in [-0.39, 0.29) is 23.6 Å². The third kappa shape index (κ3) is 4.37. The lowest BCUT2D eigenvalue weighted by Gasteiger charge is -2.22. The lowest BCUT2D eigenvalue weighted by Crippen LogP contribution is -2.41. The molecule has 1 heterocycles. The van der Waals surface area contributed by atoms with Gasteiger partial charge in [0.05, 0.1) is 24.3 Å². The predicted octanol–water partition coefficient (Wildman–Crippen LogP) is 2.81. The SMILES string of the molecule is CCc1[nH]c(=O)ccc1C(=O)N[C@@H]1CCC[C@H]1OCc1ccccc1. The highest BCUT2D eigenvalue weighted by atomic mass is 16.5. The van der Waals surface area contributed by atoms with Crippen LogP contribution in [0.5, 0.6) is 0 Å². The second kappa shape index (κ2) is 8.12. The zero-order chi connectivity index (χ0) is 17.6. The van der Waals surface area contributed by atoms with Gasteiger partial charge in [-0.2, -0.15) is 0 Å². The van der Waals surface area contributed by atoms with Gasteiger partial charge in [0, 0.05) is 11.8 Å². The maximum atomic E-state index is 12.6. The van der Waals surface area contributed by atoms with Crippen LogP contribution in [0.4, 0.5) is 0 Å². The minimum Gasteiger partial charge on any atom is -0.371 e. The zero-order valence-electron chi connectivity index (χ0n) is 14.5. The van der Waals surface area contributed by atoms with Gasteiger partial charge >= 0.3 is 0 Å². The lowest BCUT2D eigenvalue weighted by atomic mass is 10.1. The van der Waals surface area contributed by atoms with Crippen LogP contribution in [0.2, 0.25) is 0 Å². The van der Waals surface area contributed by atoms with Gasteiger partial charge in [-0.15, -0.1) is 0 Å². The van der Waals surface area contributed by atoms with E-state index in [4.69, 9.17) is 4.74 Å². The van der Waals surface area contributed by atoms with E-state index >= 15 is 0 Å². The molecule has 5 nitrogen and oxygen atoms in total. The number of hydrogen-bond donors (Lipinski definition) is 2. The molecular weight excluding hydrogens is 316 g/mol. The molecule has 5 heteroatoms. The summed E-state index contributed by atoms with van der Waals surface area (Å²) in [5.41, 5.74) is 2.16. The van der Waals surface area contributed by atoms with Crippen LogP contribution in [0.25, 0.3) is 0 Å². The van der Waals surface area contributed by atoms with Crippen LogP contribution >= 0.6 is 0 Å². The number of hydrogen-bond acceptors (Lipinski definition) is 3. The number of carbonyl (C=O) groups excluding carboxylic acids is 1. The molecule has 1 aromatic heterocycles. The zero-order valence-corrected chi connectivity index (χ0v) is 14.5. The van der Waals surface area contributed by atoms with Crippen LogP contribution in [-0.2, 0) is 17.8 Å². The average Bonchev–Trinajstić information content (AvgIpc) is 3.07. The van der Waals surface area contributed by atoms with E-state index in [1.54, 1.807) is 6.07 Å². The monoisotopic (exact) mass is 340 g/mol. The quantitative estimate of drug-likeness (QED) is 0.849. The number of aromatic nitrogens is 1. The van der Waals surface area contributed by atoms with E-state index in [0.29, 0.717) is 24.3 Å². The number of ether oxygens (including phenoxy) is 1. The molecule has 1 aromatic carbocycles. The van der Waals surface area contributed by atoms with Gasteiger partial charge in [-0.3, -0.25) is 9.59 Å². The van der Waals surface area contributed by atoms with E-state index in [9.17, 15) is 9.59 Å². The van der Waals surface area contributed by atoms with Crippen molar-refractivity contribution in [3.05, 3.63) is 69.6 Å². The van der Waals surface area contributed by atoms with Crippen LogP contribution in [0.15, 0.2) is 47.3 Å². The van der Waals surface area contributed by atoms with Crippen LogP contribution in [0, 0.1) is 0 Å². The third-order valence-corrected chi connectivity index (χ3v) is 4.67. The van der Waals surface area contributed by atoms with E-state index in [1.165, 1.54) is 6.07 Å². The first kappa shape index (κ1) is 17.4. The van der Waals surface area contributed by atoms with Gasteiger partial charge in [0.25, 0.3) is 5.91 Å². The second-order valence-electron chi connectivity index (χ2n) is 6.41. The van der Waals surface area contributed by atoms with Crippen molar-refractivity contribution in [2.75, 3.05) is 0 Å². The number of nitrogens with one attached hydrogen (secondary N) is 2. The number of benzene rings is 1. The fourth-order valence-electron chi connectivity index (χ4n) is 3.32. The fourth-order valence-corrected chi connectivity index (χ4v) is 3.32. The molecule has 0 spiro atoms. The van der Waals surface area contributed by atoms with E-state index in [2.05, 4.69) is 10.3 Å². The van der Waals surface area contributed by atoms with Crippen LogP contribution in [-0.4, -0.2) is 23.0 Å². The molecule has 1 fully saturated rings. The summed E-state index contributed by atoms with van der Waals surface area (Å²) in [5.74, 6) is -0.145. The highest BCUT2D eigenvalue weighted by molar-refractivity contribution is 5.95. The number of aryl methyl sites for hydroxylation is 1. The van der Waals surface area contributed by atoms with Crippen molar-refractivity contribution in [1.82, 2.24) is 10.3 Å². The number of pyridine rings is 1. The van der Waals surface area contributed by atoms with E-state index < -0.39 is 0 Å². The summed E-state index contributed by atoms with van der Waals surface area (Å²) in [6.45, 7) is 2.47. The molecule has 1 aliphatic rings. The molecule has 25 heavy (non-hydrogen) atoms. The molecule has 1 saturated carbocycles. The Bertz CT molecular complexity index is 770. The number of H-pyrrole nitrogens is 1. The van der Waals surface area contributed by atoms with E-state index in [1.807, 2.05) is 37.3 Å². The Kier molecular flexibility index (Phi) is 5.66. The number of rotatable bonds is 6. The Hall–Kier alpha value is -2.40. The van der Waals surface area contributed by atoms with Gasteiger partial charge in [-0.05, 0) is 37.3 Å². The topological polar surface area (TPSA) is 71.2 Å². The summed E-state index contributed by atoms with van der Waals surface area (Å²) in [7, 11) is 0. The molecule has 1 amide bonds. The van der Waals surface area contributed by atoms with Crippen LogP contribution in [0.3, 0.4) is 0 Å². The molecule has 1 aliphatic carbocycles. The first-order valence-corrected chi connectivity index (χ1v) is 8.86. The smallest absolute Gasteiger partial charge is 0.253 e. The summed E-state index contributed by atoms with van der Waals surface area (Å²) in [4.78, 5) is 26.8. The molecule has 2 atom stereocenters. The minimum atomic E-state index is -0.182. The molecular formula is C20H24N2O3. The van der Waals surface area contributed by atoms with Crippen molar-refractivity contribution in [1.29, 1.82) is 0 Å². The van der Waals surface area contributed by atoms with Crippen molar-refractivity contribution in [3.8, 4) is 0 Å². The molecule has 132 valence electrons. The maximum absolute atomic E-state index is 12.6. The Morgan fingerprint density at radius 2 is 2.00 bits per heavy atom. The summed E-state index contributed by atoms with van der Waals surface area (Å²) in [6.07, 6.45) is 3.53. The van der Waals surface area contributed by atoms with Crippen molar-refractivity contribution < 1.29 is 9.53 Å². The average molecular weight is 340 g/mol. The molecule has 0 radical (unpaired) electrons. The summed E-state index contributed by atoms with van der Waals surface area (Å²) >= 11 is 0. The standard InChI is InChI=1S/C20H24N2O3/c1-2-16-15(11-12-19(23)21-16)20(24)22-17-9-6-10-18(17)25-13-14-7-4-3-5-8-14/h3-5,7-8,11-12,17-18H,2,6,9-10,13H2,1H3,(H,21,23)(H,22,24)/t17-,18-/m1/s1. The van der Waals surface area contributed by atoms with Gasteiger partial charge in [0.2, 0.25) is 5.56 Å². The third-order valence-electron chi connectivity index (χ3n) is 4.67. The summed E-state index contributed by atoms with van der Waals surface area (Å²) in [5, 5.41) is 3.09. The number of carbonyl (C=O) groups is 1. The molecule has 2 N–H and O–H groups in total. The fraction of sp³-hybridized carbons (Fsp3) is 0.400. The van der Waals surface area contributed by atoms with E-state index in [0.717, 1.165) is 24.8 Å².